The van der Waals surface area contributed by atoms with Crippen LogP contribution >= 0.6 is 11.3 Å². The smallest absolute Gasteiger partial charge is 0.304 e. The van der Waals surface area contributed by atoms with Gasteiger partial charge in [-0.1, -0.05) is 0 Å². The molecule has 0 saturated carbocycles. The molecule has 0 bridgehead atoms. The molecule has 1 aromatic rings. The number of nitrogens with one attached hydrogen (secondary N) is 1. The third kappa shape index (κ3) is 3.80. The summed E-state index contributed by atoms with van der Waals surface area (Å²) >= 11 is 1.48. The molecule has 6 nitrogen and oxygen atoms in total. The molecule has 1 heterocycles. The molecule has 1 aliphatic rings. The van der Waals surface area contributed by atoms with Crippen LogP contribution in [0.2, 0.25) is 0 Å². The van der Waals surface area contributed by atoms with Gasteiger partial charge in [-0.25, -0.2) is 0 Å². The van der Waals surface area contributed by atoms with Crippen molar-refractivity contribution in [1.29, 1.82) is 5.26 Å². The fraction of sp³-hybridized carbons (Fsp3) is 0.500. The number of hydrogen-bond donors (Lipinski definition) is 2. The van der Waals surface area contributed by atoms with Crippen LogP contribution in [0.1, 0.15) is 28.8 Å². The number of fused-ring (bicyclic) bond motifs is 1. The molecule has 0 fully saturated rings. The Morgan fingerprint density at radius 3 is 2.90 bits per heavy atom. The second kappa shape index (κ2) is 6.70. The first-order valence-corrected chi connectivity index (χ1v) is 7.57. The van der Waals surface area contributed by atoms with Gasteiger partial charge in [-0.05, 0) is 31.9 Å². The highest BCUT2D eigenvalue weighted by Crippen LogP contribution is 2.38. The Kier molecular flexibility index (Phi) is 4.94. The van der Waals surface area contributed by atoms with Gasteiger partial charge in [-0.3, -0.25) is 14.5 Å². The fourth-order valence-corrected chi connectivity index (χ4v) is 3.64. The van der Waals surface area contributed by atoms with Gasteiger partial charge in [-0.15, -0.1) is 11.3 Å². The number of carboxylic acids is 1. The predicted octanol–water partition coefficient (Wildman–Crippen LogP) is 1.45. The van der Waals surface area contributed by atoms with E-state index in [-0.39, 0.29) is 18.9 Å². The summed E-state index contributed by atoms with van der Waals surface area (Å²) in [5.41, 5.74) is 1.67. The highest BCUT2D eigenvalue weighted by Gasteiger charge is 2.23. The summed E-state index contributed by atoms with van der Waals surface area (Å²) in [5.74, 6) is -1.11. The van der Waals surface area contributed by atoms with Gasteiger partial charge in [0.1, 0.15) is 11.1 Å². The Labute approximate surface area is 127 Å². The van der Waals surface area contributed by atoms with Crippen molar-refractivity contribution in [3.63, 3.8) is 0 Å². The highest BCUT2D eigenvalue weighted by molar-refractivity contribution is 7.16. The van der Waals surface area contributed by atoms with E-state index < -0.39 is 5.97 Å². The summed E-state index contributed by atoms with van der Waals surface area (Å²) in [5, 5.41) is 21.2. The van der Waals surface area contributed by atoms with Crippen molar-refractivity contribution in [3.8, 4) is 6.07 Å². The molecular formula is C14H17N3O3S. The molecule has 0 radical (unpaired) electrons. The van der Waals surface area contributed by atoms with E-state index in [2.05, 4.69) is 11.4 Å². The van der Waals surface area contributed by atoms with Crippen LogP contribution in [-0.4, -0.2) is 42.0 Å². The van der Waals surface area contributed by atoms with Gasteiger partial charge in [0.25, 0.3) is 0 Å². The summed E-state index contributed by atoms with van der Waals surface area (Å²) in [6.45, 7) is 0.426. The lowest BCUT2D eigenvalue weighted by Gasteiger charge is -2.14. The molecular weight excluding hydrogens is 290 g/mol. The first-order chi connectivity index (χ1) is 10.0. The van der Waals surface area contributed by atoms with E-state index in [0.717, 1.165) is 24.8 Å². The second-order valence-electron chi connectivity index (χ2n) is 5.10. The standard InChI is InChI=1S/C14H17N3O3S/c1-17(6-5-13(19)20)8-12(18)16-14-10(7-15)9-3-2-4-11(9)21-14/h2-6,8H2,1H3,(H,16,18)(H,19,20). The number of carbonyl (C=O) groups excluding carboxylic acids is 1. The predicted molar refractivity (Wildman–Crippen MR) is 79.4 cm³/mol. The monoisotopic (exact) mass is 307 g/mol. The van der Waals surface area contributed by atoms with Crippen LogP contribution in [0.4, 0.5) is 5.00 Å². The Hall–Kier alpha value is -1.91. The quantitative estimate of drug-likeness (QED) is 0.829. The van der Waals surface area contributed by atoms with Crippen LogP contribution in [0, 0.1) is 11.3 Å². The number of aliphatic carboxylic acids is 1. The van der Waals surface area contributed by atoms with E-state index in [0.29, 0.717) is 17.1 Å². The number of thiophene rings is 1. The number of rotatable bonds is 6. The Balaban J connectivity index is 1.94. The van der Waals surface area contributed by atoms with Gasteiger partial charge < -0.3 is 10.4 Å². The van der Waals surface area contributed by atoms with Gasteiger partial charge in [0.15, 0.2) is 0 Å². The third-order valence-electron chi connectivity index (χ3n) is 3.41. The molecule has 0 aromatic carbocycles. The van der Waals surface area contributed by atoms with Crippen LogP contribution in [0.3, 0.4) is 0 Å². The largest absolute Gasteiger partial charge is 0.481 e. The van der Waals surface area contributed by atoms with Crippen molar-refractivity contribution in [1.82, 2.24) is 4.90 Å². The lowest BCUT2D eigenvalue weighted by molar-refractivity contribution is -0.137. The van der Waals surface area contributed by atoms with E-state index in [1.54, 1.807) is 11.9 Å². The number of carbonyl (C=O) groups is 2. The number of aryl methyl sites for hydroxylation is 1. The highest BCUT2D eigenvalue weighted by atomic mass is 32.1. The molecule has 112 valence electrons. The Morgan fingerprint density at radius 1 is 1.48 bits per heavy atom. The molecule has 2 rings (SSSR count). The maximum atomic E-state index is 12.0. The molecule has 1 amide bonds. The molecule has 0 unspecified atom stereocenters. The van der Waals surface area contributed by atoms with Crippen molar-refractivity contribution in [3.05, 3.63) is 16.0 Å². The van der Waals surface area contributed by atoms with Crippen molar-refractivity contribution >= 4 is 28.2 Å². The van der Waals surface area contributed by atoms with E-state index in [4.69, 9.17) is 5.11 Å². The van der Waals surface area contributed by atoms with Gasteiger partial charge in [0.05, 0.1) is 18.5 Å². The van der Waals surface area contributed by atoms with E-state index >= 15 is 0 Å². The maximum absolute atomic E-state index is 12.0. The molecule has 0 saturated heterocycles. The minimum Gasteiger partial charge on any atom is -0.481 e. The van der Waals surface area contributed by atoms with Crippen LogP contribution in [0.15, 0.2) is 0 Å². The normalized spacial score (nSPS) is 13.0. The number of nitrogens with zero attached hydrogens (tertiary/aromatic N) is 2. The molecule has 1 aliphatic carbocycles. The molecule has 1 aromatic heterocycles. The fourth-order valence-electron chi connectivity index (χ4n) is 2.39. The zero-order chi connectivity index (χ0) is 15.4. The SMILES string of the molecule is CN(CCC(=O)O)CC(=O)Nc1sc2c(c1C#N)CCC2. The zero-order valence-electron chi connectivity index (χ0n) is 11.8. The number of likely N-dealkylation sites (N-methyl/N-ethyl adjacent to an activating group) is 1. The number of anilines is 1. The molecule has 21 heavy (non-hydrogen) atoms. The lowest BCUT2D eigenvalue weighted by atomic mass is 10.1. The minimum atomic E-state index is -0.885. The summed E-state index contributed by atoms with van der Waals surface area (Å²) in [4.78, 5) is 25.3. The molecule has 0 spiro atoms. The third-order valence-corrected chi connectivity index (χ3v) is 4.61. The first kappa shape index (κ1) is 15.5. The van der Waals surface area contributed by atoms with Crippen molar-refractivity contribution in [2.24, 2.45) is 0 Å². The molecule has 2 N–H and O–H groups in total. The van der Waals surface area contributed by atoms with E-state index in [9.17, 15) is 14.9 Å². The zero-order valence-corrected chi connectivity index (χ0v) is 12.6. The van der Waals surface area contributed by atoms with Gasteiger partial charge >= 0.3 is 5.97 Å². The van der Waals surface area contributed by atoms with E-state index in [1.165, 1.54) is 16.2 Å². The minimum absolute atomic E-state index is 0.000520. The van der Waals surface area contributed by atoms with Crippen LogP contribution in [-0.2, 0) is 22.4 Å². The molecule has 7 heteroatoms. The number of nitriles is 1. The topological polar surface area (TPSA) is 93.4 Å². The average molecular weight is 307 g/mol. The summed E-state index contributed by atoms with van der Waals surface area (Å²) in [7, 11) is 1.70. The Bertz CT molecular complexity index is 603. The number of hydrogen-bond acceptors (Lipinski definition) is 5. The van der Waals surface area contributed by atoms with Gasteiger partial charge in [-0.2, -0.15) is 5.26 Å². The van der Waals surface area contributed by atoms with Crippen molar-refractivity contribution < 1.29 is 14.7 Å². The molecule has 0 aliphatic heterocycles. The summed E-state index contributed by atoms with van der Waals surface area (Å²) in [6, 6.07) is 2.18. The van der Waals surface area contributed by atoms with Crippen molar-refractivity contribution in [2.75, 3.05) is 25.5 Å². The maximum Gasteiger partial charge on any atom is 0.304 e. The molecule has 0 atom stereocenters. The summed E-state index contributed by atoms with van der Waals surface area (Å²) in [6.07, 6.45) is 2.95. The van der Waals surface area contributed by atoms with E-state index in [1.807, 2.05) is 0 Å². The average Bonchev–Trinajstić information content (AvgIpc) is 2.96. The number of carboxylic acid groups (broad SMARTS) is 1. The summed E-state index contributed by atoms with van der Waals surface area (Å²) < 4.78 is 0. The van der Waals surface area contributed by atoms with Crippen LogP contribution < -0.4 is 5.32 Å². The van der Waals surface area contributed by atoms with Crippen LogP contribution in [0.25, 0.3) is 0 Å². The van der Waals surface area contributed by atoms with Gasteiger partial charge in [0.2, 0.25) is 5.91 Å². The lowest BCUT2D eigenvalue weighted by Crippen LogP contribution is -2.31. The van der Waals surface area contributed by atoms with Crippen molar-refractivity contribution in [2.45, 2.75) is 25.7 Å². The van der Waals surface area contributed by atoms with Gasteiger partial charge in [0, 0.05) is 11.4 Å². The second-order valence-corrected chi connectivity index (χ2v) is 6.21. The Morgan fingerprint density at radius 2 is 2.24 bits per heavy atom. The first-order valence-electron chi connectivity index (χ1n) is 6.76. The number of amides is 1. The van der Waals surface area contributed by atoms with Crippen LogP contribution in [0.5, 0.6) is 0 Å².